The largest absolute Gasteiger partial charge is 0.264 e. The van der Waals surface area contributed by atoms with Crippen LogP contribution in [-0.2, 0) is 0 Å². The van der Waals surface area contributed by atoms with Gasteiger partial charge in [0.2, 0.25) is 12.1 Å². The molecule has 0 aliphatic heterocycles. The summed E-state index contributed by atoms with van der Waals surface area (Å²) in [5.74, 6) is -0.0919. The molecule has 0 spiro atoms. The summed E-state index contributed by atoms with van der Waals surface area (Å²) in [5.41, 5.74) is 0. The molecule has 13 heavy (non-hydrogen) atoms. The van der Waals surface area contributed by atoms with Gasteiger partial charge in [0.25, 0.3) is 0 Å². The average Bonchev–Trinajstić information content (AvgIpc) is 2.60. The maximum absolute atomic E-state index is 10.5. The molecule has 0 radical (unpaired) electrons. The van der Waals surface area contributed by atoms with Gasteiger partial charge in [0, 0.05) is 34.5 Å². The van der Waals surface area contributed by atoms with Crippen LogP contribution in [0.3, 0.4) is 0 Å². The van der Waals surface area contributed by atoms with Gasteiger partial charge in [0.15, 0.2) is 0 Å². The summed E-state index contributed by atoms with van der Waals surface area (Å²) in [6, 6.07) is -1.03. The van der Waals surface area contributed by atoms with Crippen molar-refractivity contribution in [1.82, 2.24) is 0 Å². The van der Waals surface area contributed by atoms with E-state index >= 15 is 0 Å². The Bertz CT molecular complexity index is 241. The summed E-state index contributed by atoms with van der Waals surface area (Å²) in [7, 11) is 0. The highest BCUT2D eigenvalue weighted by Gasteiger charge is 2.56. The van der Waals surface area contributed by atoms with Gasteiger partial charge in [-0.15, -0.1) is 0 Å². The predicted octanol–water partition coefficient (Wildman–Crippen LogP) is 0.707. The fourth-order valence-electron chi connectivity index (χ4n) is 2.73. The van der Waals surface area contributed by atoms with Crippen LogP contribution in [0.1, 0.15) is 19.3 Å². The Morgan fingerprint density at radius 2 is 1.23 bits per heavy atom. The third-order valence-corrected chi connectivity index (χ3v) is 3.32. The highest BCUT2D eigenvalue weighted by atomic mass is 16.6. The molecule has 2 bridgehead atoms. The minimum atomic E-state index is -0.513. The second-order valence-corrected chi connectivity index (χ2v) is 3.93. The lowest BCUT2D eigenvalue weighted by atomic mass is 9.92. The normalized spacial score (nSPS) is 42.2. The van der Waals surface area contributed by atoms with Crippen LogP contribution in [0.4, 0.5) is 0 Å². The van der Waals surface area contributed by atoms with Crippen molar-refractivity contribution in [3.63, 3.8) is 0 Å². The van der Waals surface area contributed by atoms with E-state index in [4.69, 9.17) is 0 Å². The van der Waals surface area contributed by atoms with E-state index in [1.54, 1.807) is 0 Å². The third-order valence-electron chi connectivity index (χ3n) is 3.32. The summed E-state index contributed by atoms with van der Waals surface area (Å²) in [6.07, 6.45) is 1.49. The van der Waals surface area contributed by atoms with Gasteiger partial charge in [-0.1, -0.05) is 0 Å². The van der Waals surface area contributed by atoms with Crippen LogP contribution < -0.4 is 0 Å². The predicted molar refractivity (Wildman–Crippen MR) is 42.4 cm³/mol. The molecule has 6 heteroatoms. The lowest BCUT2D eigenvalue weighted by Crippen LogP contribution is -2.34. The second-order valence-electron chi connectivity index (χ2n) is 3.93. The van der Waals surface area contributed by atoms with Crippen molar-refractivity contribution in [1.29, 1.82) is 0 Å². The van der Waals surface area contributed by atoms with E-state index in [2.05, 4.69) is 0 Å². The number of fused-ring (bicyclic) bond motifs is 2. The van der Waals surface area contributed by atoms with Crippen LogP contribution >= 0.6 is 0 Å². The Kier molecular flexibility index (Phi) is 1.71. The molecule has 0 unspecified atom stereocenters. The van der Waals surface area contributed by atoms with Crippen LogP contribution in [0.15, 0.2) is 0 Å². The SMILES string of the molecule is O=[N+]([O-])[C@H]1C[C@@H]2C[C@H]1C[C@@H]2[N+](=O)[O-]. The van der Waals surface area contributed by atoms with E-state index in [1.165, 1.54) is 0 Å². The van der Waals surface area contributed by atoms with Gasteiger partial charge in [0.05, 0.1) is 0 Å². The minimum Gasteiger partial charge on any atom is -0.264 e. The van der Waals surface area contributed by atoms with Crippen molar-refractivity contribution in [2.75, 3.05) is 0 Å². The van der Waals surface area contributed by atoms with E-state index in [0.717, 1.165) is 0 Å². The van der Waals surface area contributed by atoms with Crippen LogP contribution in [-0.4, -0.2) is 21.9 Å². The lowest BCUT2D eigenvalue weighted by molar-refractivity contribution is -0.556. The third kappa shape index (κ3) is 1.16. The molecular formula is C7H10N2O4. The smallest absolute Gasteiger partial charge is 0.216 e. The first kappa shape index (κ1) is 8.40. The van der Waals surface area contributed by atoms with Gasteiger partial charge in [-0.3, -0.25) is 20.2 Å². The molecule has 0 aromatic carbocycles. The molecule has 0 aromatic heterocycles. The monoisotopic (exact) mass is 186 g/mol. The first-order valence-corrected chi connectivity index (χ1v) is 4.36. The zero-order chi connectivity index (χ0) is 9.59. The Morgan fingerprint density at radius 1 is 0.846 bits per heavy atom. The summed E-state index contributed by atoms with van der Waals surface area (Å²) < 4.78 is 0. The number of nitrogens with zero attached hydrogens (tertiary/aromatic N) is 2. The van der Waals surface area contributed by atoms with Crippen molar-refractivity contribution in [3.8, 4) is 0 Å². The highest BCUT2D eigenvalue weighted by molar-refractivity contribution is 4.95. The van der Waals surface area contributed by atoms with E-state index in [-0.39, 0.29) is 21.7 Å². The first-order valence-electron chi connectivity index (χ1n) is 4.36. The fourth-order valence-corrected chi connectivity index (χ4v) is 2.73. The molecule has 4 atom stereocenters. The number of hydrogen-bond donors (Lipinski definition) is 0. The summed E-state index contributed by atoms with van der Waals surface area (Å²) >= 11 is 0. The summed E-state index contributed by atoms with van der Waals surface area (Å²) in [5, 5.41) is 21.0. The molecular weight excluding hydrogens is 176 g/mol. The second kappa shape index (κ2) is 2.65. The van der Waals surface area contributed by atoms with Crippen LogP contribution in [0.25, 0.3) is 0 Å². The number of nitro groups is 2. The van der Waals surface area contributed by atoms with Gasteiger partial charge < -0.3 is 0 Å². The Morgan fingerprint density at radius 3 is 1.46 bits per heavy atom. The van der Waals surface area contributed by atoms with E-state index < -0.39 is 12.1 Å². The maximum atomic E-state index is 10.5. The molecule has 0 heterocycles. The lowest BCUT2D eigenvalue weighted by Gasteiger charge is -2.17. The quantitative estimate of drug-likeness (QED) is 0.469. The Hall–Kier alpha value is -1.20. The van der Waals surface area contributed by atoms with Crippen molar-refractivity contribution in [2.24, 2.45) is 11.8 Å². The van der Waals surface area contributed by atoms with E-state index in [1.807, 2.05) is 0 Å². The zero-order valence-corrected chi connectivity index (χ0v) is 6.96. The molecule has 2 saturated carbocycles. The summed E-state index contributed by atoms with van der Waals surface area (Å²) in [4.78, 5) is 20.5. The van der Waals surface area contributed by atoms with Crippen LogP contribution in [0.2, 0.25) is 0 Å². The fraction of sp³-hybridized carbons (Fsp3) is 1.00. The molecule has 2 aliphatic carbocycles. The van der Waals surface area contributed by atoms with Crippen molar-refractivity contribution >= 4 is 0 Å². The van der Waals surface area contributed by atoms with Crippen molar-refractivity contribution < 1.29 is 9.85 Å². The molecule has 0 N–H and O–H groups in total. The minimum absolute atomic E-state index is 0.0459. The molecule has 2 fully saturated rings. The topological polar surface area (TPSA) is 86.3 Å². The van der Waals surface area contributed by atoms with Crippen molar-refractivity contribution in [3.05, 3.63) is 20.2 Å². The van der Waals surface area contributed by atoms with Gasteiger partial charge >= 0.3 is 0 Å². The molecule has 0 amide bonds. The van der Waals surface area contributed by atoms with Gasteiger partial charge in [-0.25, -0.2) is 0 Å². The van der Waals surface area contributed by atoms with Gasteiger partial charge in [-0.05, 0) is 6.42 Å². The average molecular weight is 186 g/mol. The zero-order valence-electron chi connectivity index (χ0n) is 6.96. The molecule has 72 valence electrons. The van der Waals surface area contributed by atoms with Crippen molar-refractivity contribution in [2.45, 2.75) is 31.3 Å². The number of hydrogen-bond acceptors (Lipinski definition) is 4. The molecule has 0 aromatic rings. The molecule has 0 saturated heterocycles. The van der Waals surface area contributed by atoms with E-state index in [0.29, 0.717) is 19.3 Å². The van der Waals surface area contributed by atoms with E-state index in [9.17, 15) is 20.2 Å². The molecule has 6 nitrogen and oxygen atoms in total. The number of rotatable bonds is 2. The highest BCUT2D eigenvalue weighted by Crippen LogP contribution is 2.46. The standard InChI is InChI=1S/C7H10N2O4/c10-8(11)6-2-4-1-5(6)3-7(4)9(12)13/h4-7H,1-3H2/t4-,5-,6-,7-/m0/s1. The maximum Gasteiger partial charge on any atom is 0.216 e. The Labute approximate surface area is 74.2 Å². The van der Waals surface area contributed by atoms with Gasteiger partial charge in [0.1, 0.15) is 0 Å². The first-order chi connectivity index (χ1) is 6.09. The van der Waals surface area contributed by atoms with Gasteiger partial charge in [-0.2, -0.15) is 0 Å². The molecule has 2 rings (SSSR count). The Balaban J connectivity index is 2.07. The van der Waals surface area contributed by atoms with Crippen LogP contribution in [0, 0.1) is 32.1 Å². The van der Waals surface area contributed by atoms with Crippen LogP contribution in [0.5, 0.6) is 0 Å². The molecule has 2 aliphatic rings. The summed E-state index contributed by atoms with van der Waals surface area (Å²) in [6.45, 7) is 0.